The highest BCUT2D eigenvalue weighted by Crippen LogP contribution is 2.29. The van der Waals surface area contributed by atoms with Gasteiger partial charge in [-0.3, -0.25) is 0 Å². The summed E-state index contributed by atoms with van der Waals surface area (Å²) in [5.74, 6) is 0.461. The van der Waals surface area contributed by atoms with Crippen LogP contribution in [0.1, 0.15) is 32.3 Å². The number of fused-ring (bicyclic) bond motifs is 1. The van der Waals surface area contributed by atoms with Gasteiger partial charge in [0.1, 0.15) is 10.6 Å². The van der Waals surface area contributed by atoms with Crippen molar-refractivity contribution < 1.29 is 13.2 Å². The molecule has 1 aromatic rings. The molecule has 0 amide bonds. The molecular formula is C16H23NO3S. The lowest BCUT2D eigenvalue weighted by Crippen LogP contribution is -2.37. The molecule has 0 aromatic heterocycles. The first-order chi connectivity index (χ1) is 9.93. The van der Waals surface area contributed by atoms with E-state index in [-0.39, 0.29) is 10.9 Å². The molecule has 0 aliphatic carbocycles. The van der Waals surface area contributed by atoms with Gasteiger partial charge in [0.05, 0.1) is 6.61 Å². The zero-order valence-electron chi connectivity index (χ0n) is 12.9. The van der Waals surface area contributed by atoms with Crippen molar-refractivity contribution in [2.45, 2.75) is 44.6 Å². The van der Waals surface area contributed by atoms with Gasteiger partial charge in [-0.2, -0.15) is 4.31 Å². The Morgan fingerprint density at radius 3 is 2.71 bits per heavy atom. The molecule has 2 rings (SSSR count). The van der Waals surface area contributed by atoms with E-state index in [4.69, 9.17) is 4.74 Å². The third-order valence-electron chi connectivity index (χ3n) is 3.49. The van der Waals surface area contributed by atoms with E-state index in [1.165, 1.54) is 4.31 Å². The average Bonchev–Trinajstić information content (AvgIpc) is 2.42. The Hall–Kier alpha value is -1.33. The fourth-order valence-electron chi connectivity index (χ4n) is 2.33. The van der Waals surface area contributed by atoms with Gasteiger partial charge in [0.25, 0.3) is 0 Å². The maximum atomic E-state index is 12.9. The minimum atomic E-state index is -3.56. The van der Waals surface area contributed by atoms with Gasteiger partial charge in [-0.15, -0.1) is 0 Å². The van der Waals surface area contributed by atoms with Crippen LogP contribution >= 0.6 is 0 Å². The normalized spacial score (nSPS) is 21.1. The molecule has 0 N–H and O–H groups in total. The Labute approximate surface area is 127 Å². The minimum absolute atomic E-state index is 0.102. The first-order valence-electron chi connectivity index (χ1n) is 7.33. The monoisotopic (exact) mass is 309 g/mol. The highest BCUT2D eigenvalue weighted by Gasteiger charge is 2.29. The number of ether oxygens (including phenoxy) is 1. The van der Waals surface area contributed by atoms with E-state index < -0.39 is 10.0 Å². The number of allylic oxidation sites excluding steroid dienone is 1. The van der Waals surface area contributed by atoms with Crippen molar-refractivity contribution in [1.82, 2.24) is 4.31 Å². The molecule has 21 heavy (non-hydrogen) atoms. The first-order valence-corrected chi connectivity index (χ1v) is 8.77. The van der Waals surface area contributed by atoms with E-state index in [0.29, 0.717) is 18.9 Å². The molecule has 4 nitrogen and oxygen atoms in total. The minimum Gasteiger partial charge on any atom is -0.492 e. The molecule has 1 aliphatic heterocycles. The molecule has 5 heteroatoms. The average molecular weight is 309 g/mol. The lowest BCUT2D eigenvalue weighted by molar-refractivity contribution is 0.302. The van der Waals surface area contributed by atoms with E-state index >= 15 is 0 Å². The maximum Gasteiger partial charge on any atom is 0.247 e. The fourth-order valence-corrected chi connectivity index (χ4v) is 4.04. The first kappa shape index (κ1) is 16.0. The van der Waals surface area contributed by atoms with Crippen molar-refractivity contribution in [2.75, 3.05) is 13.2 Å². The Morgan fingerprint density at radius 1 is 1.24 bits per heavy atom. The topological polar surface area (TPSA) is 46.6 Å². The molecule has 1 aliphatic rings. The summed E-state index contributed by atoms with van der Waals surface area (Å²) < 4.78 is 33.1. The van der Waals surface area contributed by atoms with Gasteiger partial charge in [0.15, 0.2) is 0 Å². The molecule has 1 aromatic carbocycles. The van der Waals surface area contributed by atoms with Gasteiger partial charge in [-0.1, -0.05) is 18.2 Å². The van der Waals surface area contributed by atoms with Crippen molar-refractivity contribution in [2.24, 2.45) is 0 Å². The lowest BCUT2D eigenvalue weighted by Gasteiger charge is -2.25. The van der Waals surface area contributed by atoms with Crippen LogP contribution in [0, 0.1) is 6.92 Å². The van der Waals surface area contributed by atoms with Crippen molar-refractivity contribution in [1.29, 1.82) is 0 Å². The van der Waals surface area contributed by atoms with Gasteiger partial charge >= 0.3 is 0 Å². The molecular weight excluding hydrogens is 286 g/mol. The van der Waals surface area contributed by atoms with E-state index in [1.807, 2.05) is 39.0 Å². The molecule has 0 saturated carbocycles. The molecule has 116 valence electrons. The largest absolute Gasteiger partial charge is 0.492 e. The second kappa shape index (κ2) is 6.62. The predicted octanol–water partition coefficient (Wildman–Crippen LogP) is 3.12. The van der Waals surface area contributed by atoms with Crippen LogP contribution in [-0.2, 0) is 10.0 Å². The molecule has 0 atom stereocenters. The van der Waals surface area contributed by atoms with E-state index in [2.05, 4.69) is 0 Å². The van der Waals surface area contributed by atoms with Gasteiger partial charge in [-0.25, -0.2) is 8.42 Å². The Kier molecular flexibility index (Phi) is 5.06. The zero-order valence-corrected chi connectivity index (χ0v) is 13.7. The Balaban J connectivity index is 2.54. The number of nitrogens with zero attached hydrogens (tertiary/aromatic N) is 1. The predicted molar refractivity (Wildman–Crippen MR) is 84.1 cm³/mol. The quantitative estimate of drug-likeness (QED) is 0.749. The highest BCUT2D eigenvalue weighted by molar-refractivity contribution is 7.89. The summed E-state index contributed by atoms with van der Waals surface area (Å²) in [6.45, 7) is 6.63. The fraction of sp³-hybridized carbons (Fsp3) is 0.500. The number of aryl methyl sites for hydroxylation is 1. The van der Waals surface area contributed by atoms with E-state index in [1.54, 1.807) is 12.1 Å². The molecule has 0 bridgehead atoms. The van der Waals surface area contributed by atoms with Crippen molar-refractivity contribution in [3.8, 4) is 5.75 Å². The summed E-state index contributed by atoms with van der Waals surface area (Å²) in [6.07, 6.45) is 5.73. The van der Waals surface area contributed by atoms with Crippen LogP contribution in [0.5, 0.6) is 5.75 Å². The second-order valence-corrected chi connectivity index (χ2v) is 7.44. The van der Waals surface area contributed by atoms with Crippen molar-refractivity contribution in [3.05, 3.63) is 35.9 Å². The number of sulfonamides is 1. The summed E-state index contributed by atoms with van der Waals surface area (Å²) in [5.41, 5.74) is 0.994. The van der Waals surface area contributed by atoms with Gasteiger partial charge in [0.2, 0.25) is 10.0 Å². The van der Waals surface area contributed by atoms with Crippen LogP contribution in [0.2, 0.25) is 0 Å². The van der Waals surface area contributed by atoms with Gasteiger partial charge in [-0.05, 0) is 51.3 Å². The van der Waals surface area contributed by atoms with E-state index in [0.717, 1.165) is 18.4 Å². The summed E-state index contributed by atoms with van der Waals surface area (Å²) >= 11 is 0. The maximum absolute atomic E-state index is 12.9. The van der Waals surface area contributed by atoms with Crippen LogP contribution in [-0.4, -0.2) is 31.9 Å². The molecule has 0 fully saturated rings. The molecule has 0 unspecified atom stereocenters. The van der Waals surface area contributed by atoms with Crippen LogP contribution in [0.15, 0.2) is 35.2 Å². The summed E-state index contributed by atoms with van der Waals surface area (Å²) in [6, 6.07) is 5.16. The SMILES string of the molecule is Cc1ccc2c(c1)OCCC/C=C\CN(C(C)C)S2(=O)=O. The summed E-state index contributed by atoms with van der Waals surface area (Å²) in [5, 5.41) is 0. The molecule has 1 heterocycles. The number of hydrogen-bond acceptors (Lipinski definition) is 3. The number of benzene rings is 1. The Morgan fingerprint density at radius 2 is 2.00 bits per heavy atom. The third kappa shape index (κ3) is 3.66. The third-order valence-corrected chi connectivity index (χ3v) is 5.57. The standard InChI is InChI=1S/C16H23NO3S/c1-13(2)17-10-6-4-5-7-11-20-15-12-14(3)8-9-16(15)21(17,18)19/h4,6,8-9,12-13H,5,7,10-11H2,1-3H3/b6-4-. The van der Waals surface area contributed by atoms with Crippen molar-refractivity contribution >= 4 is 10.0 Å². The second-order valence-electron chi connectivity index (χ2n) is 5.58. The van der Waals surface area contributed by atoms with Crippen molar-refractivity contribution in [3.63, 3.8) is 0 Å². The molecule has 0 saturated heterocycles. The van der Waals surface area contributed by atoms with Gasteiger partial charge in [0, 0.05) is 12.6 Å². The number of rotatable bonds is 1. The van der Waals surface area contributed by atoms with Crippen LogP contribution < -0.4 is 4.74 Å². The smallest absolute Gasteiger partial charge is 0.247 e. The lowest BCUT2D eigenvalue weighted by atomic mass is 10.2. The summed E-state index contributed by atoms with van der Waals surface area (Å²) in [7, 11) is -3.56. The van der Waals surface area contributed by atoms with Gasteiger partial charge < -0.3 is 4.74 Å². The highest BCUT2D eigenvalue weighted by atomic mass is 32.2. The van der Waals surface area contributed by atoms with Crippen LogP contribution in [0.25, 0.3) is 0 Å². The summed E-state index contributed by atoms with van der Waals surface area (Å²) in [4.78, 5) is 0.261. The van der Waals surface area contributed by atoms with E-state index in [9.17, 15) is 8.42 Å². The van der Waals surface area contributed by atoms with Crippen LogP contribution in [0.3, 0.4) is 0 Å². The molecule has 0 spiro atoms. The Bertz CT molecular complexity index is 620. The molecule has 0 radical (unpaired) electrons. The van der Waals surface area contributed by atoms with Crippen LogP contribution in [0.4, 0.5) is 0 Å². The number of hydrogen-bond donors (Lipinski definition) is 0. The zero-order chi connectivity index (χ0) is 15.5.